The number of Topliss-reactive ketones (excluding diaryl/α,β-unsaturated/α-hetero) is 1. The summed E-state index contributed by atoms with van der Waals surface area (Å²) in [5.74, 6) is 0.103. The van der Waals surface area contributed by atoms with Gasteiger partial charge in [0.15, 0.2) is 5.78 Å². The average Bonchev–Trinajstić information content (AvgIpc) is 2.85. The first kappa shape index (κ1) is 21.9. The number of hydrazine groups is 1. The van der Waals surface area contributed by atoms with E-state index in [1.165, 1.54) is 0 Å². The van der Waals surface area contributed by atoms with Crippen molar-refractivity contribution in [1.29, 1.82) is 5.26 Å². The minimum Gasteiger partial charge on any atom is -0.383 e. The van der Waals surface area contributed by atoms with E-state index in [0.29, 0.717) is 56.1 Å². The third-order valence-electron chi connectivity index (χ3n) is 6.69. The number of ether oxygens (including phenoxy) is 1. The zero-order chi connectivity index (χ0) is 22.9. The van der Waals surface area contributed by atoms with Gasteiger partial charge in [-0.1, -0.05) is 58.4 Å². The normalized spacial score (nSPS) is 24.0. The van der Waals surface area contributed by atoms with Gasteiger partial charge in [0, 0.05) is 35.3 Å². The largest absolute Gasteiger partial charge is 0.383 e. The minimum atomic E-state index is -0.459. The molecule has 0 amide bonds. The molecule has 2 aliphatic heterocycles. The maximum atomic E-state index is 13.7. The van der Waals surface area contributed by atoms with E-state index in [-0.39, 0.29) is 11.7 Å². The van der Waals surface area contributed by atoms with Crippen LogP contribution in [0.5, 0.6) is 0 Å². The van der Waals surface area contributed by atoms with Crippen molar-refractivity contribution in [2.24, 2.45) is 5.73 Å². The Hall–Kier alpha value is -2.92. The van der Waals surface area contributed by atoms with Crippen molar-refractivity contribution in [1.82, 2.24) is 10.0 Å². The molecule has 5 rings (SSSR count). The highest BCUT2D eigenvalue weighted by Gasteiger charge is 2.44. The molecule has 0 unspecified atom stereocenters. The molecule has 2 aromatic carbocycles. The molecule has 1 saturated heterocycles. The first-order chi connectivity index (χ1) is 16.1. The number of ketones is 1. The van der Waals surface area contributed by atoms with Crippen molar-refractivity contribution in [3.63, 3.8) is 0 Å². The van der Waals surface area contributed by atoms with Crippen LogP contribution in [-0.2, 0) is 9.53 Å². The molecule has 2 atom stereocenters. The number of allylic oxidation sites excluding steroid dienone is 3. The van der Waals surface area contributed by atoms with Crippen molar-refractivity contribution in [2.75, 3.05) is 26.3 Å². The maximum Gasteiger partial charge on any atom is 0.162 e. The molecule has 33 heavy (non-hydrogen) atoms. The van der Waals surface area contributed by atoms with Gasteiger partial charge < -0.3 is 10.5 Å². The molecule has 2 heterocycles. The van der Waals surface area contributed by atoms with Crippen molar-refractivity contribution in [2.45, 2.75) is 24.7 Å². The molecular formula is C26H25BrN4O2. The lowest BCUT2D eigenvalue weighted by molar-refractivity contribution is -0.117. The highest BCUT2D eigenvalue weighted by atomic mass is 79.9. The molecule has 0 spiro atoms. The number of benzene rings is 2. The van der Waals surface area contributed by atoms with Crippen LogP contribution in [0.15, 0.2) is 81.7 Å². The Morgan fingerprint density at radius 2 is 1.70 bits per heavy atom. The summed E-state index contributed by atoms with van der Waals surface area (Å²) < 4.78 is 6.50. The van der Waals surface area contributed by atoms with E-state index in [1.54, 1.807) is 0 Å². The van der Waals surface area contributed by atoms with Crippen LogP contribution in [0, 0.1) is 11.3 Å². The van der Waals surface area contributed by atoms with Crippen molar-refractivity contribution in [3.05, 3.63) is 92.9 Å². The van der Waals surface area contributed by atoms with Crippen molar-refractivity contribution >= 4 is 21.7 Å². The van der Waals surface area contributed by atoms with Gasteiger partial charge in [-0.2, -0.15) is 5.26 Å². The summed E-state index contributed by atoms with van der Waals surface area (Å²) >= 11 is 3.48. The standard InChI is InChI=1S/C26H25BrN4O2/c27-20-8-6-18(7-9-20)24-21(16-28)26(29)31(30-10-12-33-13-11-30)22-14-19(15-23(32)25(22)24)17-4-2-1-3-5-17/h1-9,19,24H,10-15,29H2/t19-,24+/m0/s1. The fourth-order valence-corrected chi connectivity index (χ4v) is 5.40. The van der Waals surface area contributed by atoms with Crippen molar-refractivity contribution < 1.29 is 9.53 Å². The smallest absolute Gasteiger partial charge is 0.162 e. The number of carbonyl (C=O) groups is 1. The number of nitrogens with zero attached hydrogens (tertiary/aromatic N) is 3. The fraction of sp³-hybridized carbons (Fsp3) is 0.308. The summed E-state index contributed by atoms with van der Waals surface area (Å²) in [6.07, 6.45) is 1.11. The van der Waals surface area contributed by atoms with Crippen LogP contribution in [0.1, 0.15) is 35.8 Å². The number of nitriles is 1. The summed E-state index contributed by atoms with van der Waals surface area (Å²) in [5, 5.41) is 14.2. The number of nitrogens with two attached hydrogens (primary N) is 1. The van der Waals surface area contributed by atoms with Crippen molar-refractivity contribution in [3.8, 4) is 6.07 Å². The van der Waals surface area contributed by atoms with Gasteiger partial charge in [-0.25, -0.2) is 5.01 Å². The van der Waals surface area contributed by atoms with Crippen LogP contribution in [0.3, 0.4) is 0 Å². The lowest BCUT2D eigenvalue weighted by atomic mass is 9.72. The Morgan fingerprint density at radius 3 is 2.36 bits per heavy atom. The lowest BCUT2D eigenvalue weighted by Crippen LogP contribution is -2.52. The summed E-state index contributed by atoms with van der Waals surface area (Å²) in [5.41, 5.74) is 10.8. The fourth-order valence-electron chi connectivity index (χ4n) is 5.14. The molecular weight excluding hydrogens is 480 g/mol. The van der Waals surface area contributed by atoms with Crippen LogP contribution in [0.25, 0.3) is 0 Å². The molecule has 168 valence electrons. The van der Waals surface area contributed by atoms with Gasteiger partial charge in [0.2, 0.25) is 0 Å². The molecule has 0 aromatic heterocycles. The van der Waals surface area contributed by atoms with Gasteiger partial charge in [-0.3, -0.25) is 9.80 Å². The number of hydrogen-bond acceptors (Lipinski definition) is 6. The summed E-state index contributed by atoms with van der Waals surface area (Å²) in [6, 6.07) is 20.3. The molecule has 6 nitrogen and oxygen atoms in total. The van der Waals surface area contributed by atoms with Gasteiger partial charge in [-0.15, -0.1) is 0 Å². The molecule has 0 saturated carbocycles. The van der Waals surface area contributed by atoms with Crippen LogP contribution in [-0.4, -0.2) is 42.1 Å². The van der Waals surface area contributed by atoms with E-state index in [2.05, 4.69) is 39.1 Å². The molecule has 1 aliphatic carbocycles. The topological polar surface area (TPSA) is 82.6 Å². The van der Waals surface area contributed by atoms with Gasteiger partial charge in [0.25, 0.3) is 0 Å². The Morgan fingerprint density at radius 1 is 1.00 bits per heavy atom. The number of halogens is 1. The second-order valence-corrected chi connectivity index (χ2v) is 9.49. The van der Waals surface area contributed by atoms with Crippen LogP contribution >= 0.6 is 15.9 Å². The van der Waals surface area contributed by atoms with Gasteiger partial charge in [-0.05, 0) is 35.6 Å². The Bertz CT molecular complexity index is 1160. The first-order valence-electron chi connectivity index (χ1n) is 11.2. The Labute approximate surface area is 202 Å². The number of hydrogen-bond donors (Lipinski definition) is 1. The Kier molecular flexibility index (Phi) is 6.07. The predicted octanol–water partition coefficient (Wildman–Crippen LogP) is 4.19. The molecule has 7 heteroatoms. The lowest BCUT2D eigenvalue weighted by Gasteiger charge is -2.47. The second kappa shape index (κ2) is 9.14. The van der Waals surface area contributed by atoms with E-state index in [1.807, 2.05) is 47.5 Å². The van der Waals surface area contributed by atoms with Crippen LogP contribution in [0.2, 0.25) is 0 Å². The molecule has 0 radical (unpaired) electrons. The molecule has 2 aromatic rings. The third kappa shape index (κ3) is 3.99. The zero-order valence-electron chi connectivity index (χ0n) is 18.2. The van der Waals surface area contributed by atoms with E-state index in [9.17, 15) is 10.1 Å². The summed E-state index contributed by atoms with van der Waals surface area (Å²) in [6.45, 7) is 2.48. The van der Waals surface area contributed by atoms with Gasteiger partial charge in [0.1, 0.15) is 5.82 Å². The highest BCUT2D eigenvalue weighted by Crippen LogP contribution is 2.48. The quantitative estimate of drug-likeness (QED) is 0.674. The predicted molar refractivity (Wildman–Crippen MR) is 128 cm³/mol. The summed E-state index contributed by atoms with van der Waals surface area (Å²) in [7, 11) is 0. The van der Waals surface area contributed by atoms with Crippen LogP contribution in [0.4, 0.5) is 0 Å². The van der Waals surface area contributed by atoms with E-state index >= 15 is 0 Å². The zero-order valence-corrected chi connectivity index (χ0v) is 19.8. The van der Waals surface area contributed by atoms with E-state index < -0.39 is 5.92 Å². The minimum absolute atomic E-state index is 0.0722. The highest BCUT2D eigenvalue weighted by molar-refractivity contribution is 9.10. The average molecular weight is 505 g/mol. The Balaban J connectivity index is 1.66. The molecule has 1 fully saturated rings. The first-order valence-corrected chi connectivity index (χ1v) is 12.0. The number of morpholine rings is 1. The third-order valence-corrected chi connectivity index (χ3v) is 7.21. The van der Waals surface area contributed by atoms with E-state index in [0.717, 1.165) is 21.3 Å². The molecule has 2 N–H and O–H groups in total. The van der Waals surface area contributed by atoms with E-state index in [4.69, 9.17) is 10.5 Å². The van der Waals surface area contributed by atoms with Gasteiger partial charge >= 0.3 is 0 Å². The second-order valence-electron chi connectivity index (χ2n) is 8.57. The maximum absolute atomic E-state index is 13.7. The summed E-state index contributed by atoms with van der Waals surface area (Å²) in [4.78, 5) is 13.7. The SMILES string of the molecule is N#CC1=C(N)N(N2CCOCC2)C2=C(C(=O)C[C@@H](c3ccccc3)C2)[C@@H]1c1ccc(Br)cc1. The van der Waals surface area contributed by atoms with Crippen LogP contribution < -0.4 is 5.73 Å². The number of rotatable bonds is 3. The number of carbonyl (C=O) groups excluding carboxylic acids is 1. The molecule has 0 bridgehead atoms. The van der Waals surface area contributed by atoms with Gasteiger partial charge in [0.05, 0.1) is 30.8 Å². The molecule has 3 aliphatic rings. The monoisotopic (exact) mass is 504 g/mol.